The first kappa shape index (κ1) is 10.4. The second-order valence-electron chi connectivity index (χ2n) is 2.34. The van der Waals surface area contributed by atoms with Crippen molar-refractivity contribution in [2.45, 2.75) is 19.5 Å². The predicted octanol–water partition coefficient (Wildman–Crippen LogP) is 2.82. The van der Waals surface area contributed by atoms with Gasteiger partial charge in [-0.1, -0.05) is 6.92 Å². The molecule has 0 atom stereocenters. The van der Waals surface area contributed by atoms with Gasteiger partial charge in [-0.2, -0.15) is 13.2 Å². The lowest BCUT2D eigenvalue weighted by Crippen LogP contribution is -2.10. The Bertz CT molecular complexity index is 311. The van der Waals surface area contributed by atoms with E-state index in [0.717, 1.165) is 6.07 Å². The topological polar surface area (TPSA) is 25.8 Å². The quantitative estimate of drug-likeness (QED) is 0.721. The first-order valence-electron chi connectivity index (χ1n) is 3.54. The van der Waals surface area contributed by atoms with Crippen molar-refractivity contribution >= 4 is 15.9 Å². The Kier molecular flexibility index (Phi) is 2.90. The van der Waals surface area contributed by atoms with Gasteiger partial charge >= 0.3 is 6.18 Å². The molecular weight excluding hydrogens is 249 g/mol. The predicted molar refractivity (Wildman–Crippen MR) is 44.1 cm³/mol. The second kappa shape index (κ2) is 3.61. The molecule has 0 spiro atoms. The van der Waals surface area contributed by atoms with Gasteiger partial charge in [0.25, 0.3) is 0 Å². The molecule has 0 radical (unpaired) electrons. The average Bonchev–Trinajstić information content (AvgIpc) is 2.01. The Balaban J connectivity index is 3.16. The van der Waals surface area contributed by atoms with Crippen LogP contribution in [0.5, 0.6) is 0 Å². The van der Waals surface area contributed by atoms with E-state index >= 15 is 0 Å². The molecule has 0 fully saturated rings. The molecular formula is C7H6BrF3N2. The fourth-order valence-electron chi connectivity index (χ4n) is 0.768. The van der Waals surface area contributed by atoms with Crippen LogP contribution in [0, 0.1) is 0 Å². The summed E-state index contributed by atoms with van der Waals surface area (Å²) >= 11 is 2.90. The molecule has 0 bridgehead atoms. The van der Waals surface area contributed by atoms with Crippen LogP contribution in [-0.2, 0) is 12.6 Å². The Labute approximate surface area is 81.3 Å². The fraction of sp³-hybridized carbons (Fsp3) is 0.429. The highest BCUT2D eigenvalue weighted by atomic mass is 79.9. The highest BCUT2D eigenvalue weighted by Crippen LogP contribution is 2.28. The third-order valence-corrected chi connectivity index (χ3v) is 1.75. The van der Waals surface area contributed by atoms with Crippen molar-refractivity contribution < 1.29 is 13.2 Å². The van der Waals surface area contributed by atoms with Crippen LogP contribution in [0.4, 0.5) is 13.2 Å². The molecule has 0 aliphatic rings. The van der Waals surface area contributed by atoms with Crippen molar-refractivity contribution in [3.8, 4) is 0 Å². The number of hydrogen-bond donors (Lipinski definition) is 0. The van der Waals surface area contributed by atoms with Gasteiger partial charge in [0.1, 0.15) is 16.1 Å². The number of hydrogen-bond acceptors (Lipinski definition) is 2. The molecule has 0 aliphatic heterocycles. The van der Waals surface area contributed by atoms with Gasteiger partial charge in [0.2, 0.25) is 0 Å². The van der Waals surface area contributed by atoms with E-state index in [-0.39, 0.29) is 10.4 Å². The lowest BCUT2D eigenvalue weighted by atomic mass is 10.3. The minimum absolute atomic E-state index is 0.159. The lowest BCUT2D eigenvalue weighted by Gasteiger charge is -2.06. The molecule has 0 aromatic carbocycles. The number of aromatic nitrogens is 2. The normalized spacial score (nSPS) is 11.8. The molecule has 1 rings (SSSR count). The van der Waals surface area contributed by atoms with Gasteiger partial charge in [-0.05, 0) is 15.9 Å². The molecule has 0 aliphatic carbocycles. The monoisotopic (exact) mass is 254 g/mol. The van der Waals surface area contributed by atoms with Crippen molar-refractivity contribution in [1.82, 2.24) is 9.97 Å². The van der Waals surface area contributed by atoms with E-state index in [0.29, 0.717) is 6.42 Å². The first-order chi connectivity index (χ1) is 5.93. The third-order valence-electron chi connectivity index (χ3n) is 1.35. The molecule has 1 aromatic rings. The van der Waals surface area contributed by atoms with Gasteiger partial charge in [-0.25, -0.2) is 9.97 Å². The Hall–Kier alpha value is -0.650. The van der Waals surface area contributed by atoms with Crippen molar-refractivity contribution in [2.24, 2.45) is 0 Å². The maximum atomic E-state index is 12.2. The minimum Gasteiger partial charge on any atom is -0.228 e. The Morgan fingerprint density at radius 1 is 1.38 bits per heavy atom. The van der Waals surface area contributed by atoms with Crippen molar-refractivity contribution in [3.05, 3.63) is 22.2 Å². The van der Waals surface area contributed by atoms with Crippen LogP contribution in [0.3, 0.4) is 0 Å². The number of halogens is 4. The number of nitrogens with zero attached hydrogens (tertiary/aromatic N) is 2. The van der Waals surface area contributed by atoms with Crippen LogP contribution >= 0.6 is 15.9 Å². The molecule has 0 saturated heterocycles. The Morgan fingerprint density at radius 3 is 2.46 bits per heavy atom. The lowest BCUT2D eigenvalue weighted by molar-refractivity contribution is -0.141. The van der Waals surface area contributed by atoms with Gasteiger partial charge in [-0.15, -0.1) is 0 Å². The van der Waals surface area contributed by atoms with Gasteiger partial charge in [-0.3, -0.25) is 0 Å². The summed E-state index contributed by atoms with van der Waals surface area (Å²) in [5.41, 5.74) is -0.911. The van der Waals surface area contributed by atoms with Crippen LogP contribution in [0.15, 0.2) is 10.7 Å². The molecule has 2 nitrogen and oxygen atoms in total. The summed E-state index contributed by atoms with van der Waals surface area (Å²) in [6, 6.07) is 0.860. The zero-order chi connectivity index (χ0) is 10.1. The second-order valence-corrected chi connectivity index (χ2v) is 3.16. The van der Waals surface area contributed by atoms with E-state index in [4.69, 9.17) is 0 Å². The number of aryl methyl sites for hydroxylation is 1. The summed E-state index contributed by atoms with van der Waals surface area (Å²) in [7, 11) is 0. The van der Waals surface area contributed by atoms with E-state index in [1.807, 2.05) is 0 Å². The maximum Gasteiger partial charge on any atom is 0.433 e. The summed E-state index contributed by atoms with van der Waals surface area (Å²) < 4.78 is 36.7. The first-order valence-corrected chi connectivity index (χ1v) is 4.33. The average molecular weight is 255 g/mol. The van der Waals surface area contributed by atoms with Crippen LogP contribution < -0.4 is 0 Å². The summed E-state index contributed by atoms with van der Waals surface area (Å²) in [6.07, 6.45) is -4.03. The molecule has 72 valence electrons. The highest BCUT2D eigenvalue weighted by Gasteiger charge is 2.33. The SMILES string of the molecule is CCc1nc(Br)cc(C(F)(F)F)n1. The van der Waals surface area contributed by atoms with E-state index in [1.54, 1.807) is 6.92 Å². The van der Waals surface area contributed by atoms with Crippen LogP contribution in [0.25, 0.3) is 0 Å². The number of rotatable bonds is 1. The summed E-state index contributed by atoms with van der Waals surface area (Å²) in [4.78, 5) is 7.13. The van der Waals surface area contributed by atoms with Crippen molar-refractivity contribution in [1.29, 1.82) is 0 Å². The molecule has 13 heavy (non-hydrogen) atoms. The Morgan fingerprint density at radius 2 is 2.00 bits per heavy atom. The van der Waals surface area contributed by atoms with Gasteiger partial charge in [0, 0.05) is 12.5 Å². The minimum atomic E-state index is -4.41. The largest absolute Gasteiger partial charge is 0.433 e. The van der Waals surface area contributed by atoms with Gasteiger partial charge in [0.15, 0.2) is 0 Å². The third kappa shape index (κ3) is 2.65. The molecule has 0 unspecified atom stereocenters. The van der Waals surface area contributed by atoms with E-state index in [2.05, 4.69) is 25.9 Å². The molecule has 6 heteroatoms. The van der Waals surface area contributed by atoms with E-state index in [9.17, 15) is 13.2 Å². The molecule has 0 N–H and O–H groups in total. The summed E-state index contributed by atoms with van der Waals surface area (Å²) in [5.74, 6) is 0.182. The molecule has 0 amide bonds. The van der Waals surface area contributed by atoms with Crippen molar-refractivity contribution in [3.63, 3.8) is 0 Å². The van der Waals surface area contributed by atoms with E-state index in [1.165, 1.54) is 0 Å². The van der Waals surface area contributed by atoms with Crippen LogP contribution in [-0.4, -0.2) is 9.97 Å². The van der Waals surface area contributed by atoms with Gasteiger partial charge in [0.05, 0.1) is 0 Å². The van der Waals surface area contributed by atoms with Crippen LogP contribution in [0.2, 0.25) is 0 Å². The van der Waals surface area contributed by atoms with Crippen molar-refractivity contribution in [2.75, 3.05) is 0 Å². The summed E-state index contributed by atoms with van der Waals surface area (Å²) in [5, 5.41) is 0. The van der Waals surface area contributed by atoms with Gasteiger partial charge < -0.3 is 0 Å². The molecule has 1 heterocycles. The highest BCUT2D eigenvalue weighted by molar-refractivity contribution is 9.10. The summed E-state index contributed by atoms with van der Waals surface area (Å²) in [6.45, 7) is 1.70. The standard InChI is InChI=1S/C7H6BrF3N2/c1-2-6-12-4(7(9,10)11)3-5(8)13-6/h3H,2H2,1H3. The van der Waals surface area contributed by atoms with E-state index < -0.39 is 11.9 Å². The van der Waals surface area contributed by atoms with Crippen LogP contribution in [0.1, 0.15) is 18.4 Å². The zero-order valence-corrected chi connectivity index (χ0v) is 8.28. The number of alkyl halides is 3. The molecule has 1 aromatic heterocycles. The fourth-order valence-corrected chi connectivity index (χ4v) is 1.19. The maximum absolute atomic E-state index is 12.2. The zero-order valence-electron chi connectivity index (χ0n) is 6.69. The molecule has 0 saturated carbocycles. The smallest absolute Gasteiger partial charge is 0.228 e.